The molecule has 0 aromatic heterocycles. The van der Waals surface area contributed by atoms with Crippen LogP contribution in [0.25, 0.3) is 22.3 Å². The number of benzene rings is 3. The Kier molecular flexibility index (Phi) is 5.14. The molecule has 0 bridgehead atoms. The van der Waals surface area contributed by atoms with E-state index in [0.717, 1.165) is 22.5 Å². The van der Waals surface area contributed by atoms with E-state index in [4.69, 9.17) is 11.5 Å². The van der Waals surface area contributed by atoms with Crippen molar-refractivity contribution in [3.63, 3.8) is 0 Å². The molecule has 1 fully saturated rings. The summed E-state index contributed by atoms with van der Waals surface area (Å²) >= 11 is 4.09. The number of nitrogen functional groups attached to an aromatic ring is 2. The fourth-order valence-corrected chi connectivity index (χ4v) is 6.09. The van der Waals surface area contributed by atoms with Gasteiger partial charge in [-0.15, -0.1) is 23.5 Å². The topological polar surface area (TPSA) is 52.0 Å². The number of hydrogen-bond acceptors (Lipinski definition) is 4. The van der Waals surface area contributed by atoms with Crippen LogP contribution in [0.4, 0.5) is 11.4 Å². The predicted octanol–water partition coefficient (Wildman–Crippen LogP) is 6.05. The van der Waals surface area contributed by atoms with Crippen LogP contribution in [0.2, 0.25) is 0 Å². The highest BCUT2D eigenvalue weighted by molar-refractivity contribution is 8.16. The van der Waals surface area contributed by atoms with Crippen LogP contribution >= 0.6 is 23.5 Å². The smallest absolute Gasteiger partial charge is 0.0751 e. The van der Waals surface area contributed by atoms with Crippen molar-refractivity contribution in [2.24, 2.45) is 0 Å². The summed E-state index contributed by atoms with van der Waals surface area (Å²) in [5.41, 5.74) is 19.7. The van der Waals surface area contributed by atoms with Crippen molar-refractivity contribution in [3.05, 3.63) is 72.3 Å². The summed E-state index contributed by atoms with van der Waals surface area (Å²) in [6.45, 7) is 0. The Morgan fingerprint density at radius 2 is 1.19 bits per heavy atom. The average Bonchev–Trinajstić information content (AvgIpc) is 2.68. The predicted molar refractivity (Wildman–Crippen MR) is 118 cm³/mol. The molecule has 1 aliphatic heterocycles. The van der Waals surface area contributed by atoms with Crippen LogP contribution < -0.4 is 11.5 Å². The summed E-state index contributed by atoms with van der Waals surface area (Å²) in [6, 6.07) is 23.1. The van der Waals surface area contributed by atoms with Crippen LogP contribution in [0.3, 0.4) is 0 Å². The first-order valence-electron chi connectivity index (χ1n) is 8.79. The fourth-order valence-electron chi connectivity index (χ4n) is 3.24. The van der Waals surface area contributed by atoms with Gasteiger partial charge in [0.15, 0.2) is 0 Å². The Labute approximate surface area is 163 Å². The molecule has 0 atom stereocenters. The highest BCUT2D eigenvalue weighted by Gasteiger charge is 2.18. The summed E-state index contributed by atoms with van der Waals surface area (Å²) in [4.78, 5) is 0. The summed E-state index contributed by atoms with van der Waals surface area (Å²) in [7, 11) is 0. The molecule has 1 aliphatic rings. The lowest BCUT2D eigenvalue weighted by Crippen LogP contribution is -2.01. The molecule has 3 aromatic rings. The molecular formula is C22H22N2S2. The number of hydrogen-bond donors (Lipinski definition) is 2. The minimum atomic E-state index is 0.490. The molecule has 0 saturated carbocycles. The quantitative estimate of drug-likeness (QED) is 0.544. The highest BCUT2D eigenvalue weighted by atomic mass is 32.2. The number of rotatable bonds is 3. The lowest BCUT2D eigenvalue weighted by atomic mass is 9.96. The average molecular weight is 379 g/mol. The van der Waals surface area contributed by atoms with Crippen molar-refractivity contribution >= 4 is 34.9 Å². The lowest BCUT2D eigenvalue weighted by molar-refractivity contribution is 1.10. The van der Waals surface area contributed by atoms with Crippen molar-refractivity contribution in [2.45, 2.75) is 11.0 Å². The first kappa shape index (κ1) is 17.4. The minimum absolute atomic E-state index is 0.490. The van der Waals surface area contributed by atoms with E-state index >= 15 is 0 Å². The van der Waals surface area contributed by atoms with E-state index in [0.29, 0.717) is 4.58 Å². The first-order valence-corrected chi connectivity index (χ1v) is 10.9. The van der Waals surface area contributed by atoms with Crippen LogP contribution in [0.5, 0.6) is 0 Å². The summed E-state index contributed by atoms with van der Waals surface area (Å²) < 4.78 is 0.490. The maximum absolute atomic E-state index is 6.02. The van der Waals surface area contributed by atoms with Gasteiger partial charge in [0.05, 0.1) is 4.58 Å². The monoisotopic (exact) mass is 378 g/mol. The maximum Gasteiger partial charge on any atom is 0.0751 e. The van der Waals surface area contributed by atoms with Gasteiger partial charge in [-0.1, -0.05) is 24.3 Å². The second-order valence-electron chi connectivity index (χ2n) is 6.52. The van der Waals surface area contributed by atoms with Crippen LogP contribution in [0, 0.1) is 0 Å². The molecular weight excluding hydrogens is 356 g/mol. The molecule has 1 saturated heterocycles. The van der Waals surface area contributed by atoms with Gasteiger partial charge in [-0.3, -0.25) is 0 Å². The van der Waals surface area contributed by atoms with Gasteiger partial charge in [-0.2, -0.15) is 0 Å². The van der Waals surface area contributed by atoms with E-state index in [-0.39, 0.29) is 0 Å². The zero-order valence-corrected chi connectivity index (χ0v) is 16.2. The Hall–Kier alpha value is -2.04. The molecule has 1 heterocycles. The van der Waals surface area contributed by atoms with Gasteiger partial charge in [0.1, 0.15) is 0 Å². The Morgan fingerprint density at radius 3 is 1.69 bits per heavy atom. The van der Waals surface area contributed by atoms with E-state index in [9.17, 15) is 0 Å². The molecule has 0 radical (unpaired) electrons. The summed E-state index contributed by atoms with van der Waals surface area (Å²) in [5, 5.41) is 0. The van der Waals surface area contributed by atoms with Crippen molar-refractivity contribution in [1.29, 1.82) is 0 Å². The maximum atomic E-state index is 6.02. The van der Waals surface area contributed by atoms with Crippen LogP contribution in [-0.2, 0) is 0 Å². The van der Waals surface area contributed by atoms with Gasteiger partial charge in [0, 0.05) is 11.4 Å². The molecule has 3 aromatic carbocycles. The van der Waals surface area contributed by atoms with Gasteiger partial charge in [-0.05, 0) is 88.2 Å². The van der Waals surface area contributed by atoms with Gasteiger partial charge in [-0.25, -0.2) is 0 Å². The second kappa shape index (κ2) is 7.68. The van der Waals surface area contributed by atoms with E-state index in [1.165, 1.54) is 34.6 Å². The van der Waals surface area contributed by atoms with Crippen molar-refractivity contribution < 1.29 is 0 Å². The molecule has 0 amide bonds. The molecule has 26 heavy (non-hydrogen) atoms. The van der Waals surface area contributed by atoms with Crippen molar-refractivity contribution in [1.82, 2.24) is 0 Å². The third-order valence-corrected chi connectivity index (χ3v) is 7.51. The standard InChI is InChI=1S/C22H22N2S2/c23-20-6-1-4-15(13-20)17-10-18(16-5-2-7-21(24)14-16)12-19(11-17)22-25-8-3-9-26-22/h1-2,4-7,10-14,22H,3,8-9,23-24H2. The molecule has 2 nitrogen and oxygen atoms in total. The number of thioether (sulfide) groups is 2. The van der Waals surface area contributed by atoms with E-state index in [1.54, 1.807) is 0 Å². The highest BCUT2D eigenvalue weighted by Crippen LogP contribution is 2.45. The summed E-state index contributed by atoms with van der Waals surface area (Å²) in [6.07, 6.45) is 1.29. The van der Waals surface area contributed by atoms with Gasteiger partial charge < -0.3 is 11.5 Å². The Bertz CT molecular complexity index is 854. The minimum Gasteiger partial charge on any atom is -0.399 e. The van der Waals surface area contributed by atoms with E-state index in [2.05, 4.69) is 30.3 Å². The molecule has 4 N–H and O–H groups in total. The van der Waals surface area contributed by atoms with Crippen LogP contribution in [0.1, 0.15) is 16.6 Å². The van der Waals surface area contributed by atoms with Crippen LogP contribution in [-0.4, -0.2) is 11.5 Å². The molecule has 4 rings (SSSR count). The third kappa shape index (κ3) is 3.87. The molecule has 4 heteroatoms. The Balaban J connectivity index is 1.84. The van der Waals surface area contributed by atoms with Crippen molar-refractivity contribution in [3.8, 4) is 22.3 Å². The SMILES string of the molecule is Nc1cccc(-c2cc(-c3cccc(N)c3)cc(C3SCCCS3)c2)c1. The zero-order chi connectivity index (χ0) is 17.9. The first-order chi connectivity index (χ1) is 12.7. The molecule has 0 unspecified atom stereocenters. The number of nitrogens with two attached hydrogens (primary N) is 2. The Morgan fingerprint density at radius 1 is 0.654 bits per heavy atom. The molecule has 132 valence electrons. The van der Waals surface area contributed by atoms with Crippen LogP contribution in [0.15, 0.2) is 66.7 Å². The van der Waals surface area contributed by atoms with Gasteiger partial charge >= 0.3 is 0 Å². The summed E-state index contributed by atoms with van der Waals surface area (Å²) in [5.74, 6) is 2.46. The van der Waals surface area contributed by atoms with Crippen molar-refractivity contribution in [2.75, 3.05) is 23.0 Å². The van der Waals surface area contributed by atoms with Gasteiger partial charge in [0.25, 0.3) is 0 Å². The third-order valence-electron chi connectivity index (χ3n) is 4.49. The van der Waals surface area contributed by atoms with E-state index in [1.807, 2.05) is 59.9 Å². The zero-order valence-electron chi connectivity index (χ0n) is 14.5. The molecule has 0 spiro atoms. The van der Waals surface area contributed by atoms with Gasteiger partial charge in [0.2, 0.25) is 0 Å². The van der Waals surface area contributed by atoms with E-state index < -0.39 is 0 Å². The largest absolute Gasteiger partial charge is 0.399 e. The number of anilines is 2. The lowest BCUT2D eigenvalue weighted by Gasteiger charge is -2.23. The fraction of sp³-hybridized carbons (Fsp3) is 0.182. The normalized spacial score (nSPS) is 15.1. The second-order valence-corrected chi connectivity index (χ2v) is 9.25. The molecule has 0 aliphatic carbocycles.